The minimum atomic E-state index is 0.192. The maximum Gasteiger partial charge on any atom is 0.224 e. The molecule has 0 aliphatic carbocycles. The van der Waals surface area contributed by atoms with Gasteiger partial charge in [-0.3, -0.25) is 4.79 Å². The van der Waals surface area contributed by atoms with Gasteiger partial charge in [0.15, 0.2) is 0 Å². The fraction of sp³-hybridized carbons (Fsp3) is 0.933. The van der Waals surface area contributed by atoms with E-state index in [0.717, 1.165) is 45.4 Å². The molecule has 2 aliphatic heterocycles. The summed E-state index contributed by atoms with van der Waals surface area (Å²) in [6.45, 7) is 12.0. The molecule has 1 atom stereocenters. The summed E-state index contributed by atoms with van der Waals surface area (Å²) in [5.74, 6) is 0.435. The van der Waals surface area contributed by atoms with Crippen LogP contribution in [0.5, 0.6) is 0 Å². The third-order valence-electron chi connectivity index (χ3n) is 4.53. The number of hydrogen-bond acceptors (Lipinski definition) is 4. The number of likely N-dealkylation sites (N-methyl/N-ethyl adjacent to an activating group) is 1. The molecule has 0 aromatic heterocycles. The van der Waals surface area contributed by atoms with Gasteiger partial charge in [0.1, 0.15) is 0 Å². The maximum absolute atomic E-state index is 12.0. The number of carbonyl (C=O) groups excluding carboxylic acids is 1. The highest BCUT2D eigenvalue weighted by Gasteiger charge is 2.20. The van der Waals surface area contributed by atoms with Crippen LogP contribution in [0.3, 0.4) is 0 Å². The molecule has 2 aliphatic rings. The van der Waals surface area contributed by atoms with Crippen LogP contribution in [0, 0.1) is 5.92 Å². The molecule has 0 spiro atoms. The Balaban J connectivity index is 1.52. The normalized spacial score (nSPS) is 25.6. The fourth-order valence-electron chi connectivity index (χ4n) is 3.06. The lowest BCUT2D eigenvalue weighted by molar-refractivity contribution is -0.125. The topological polar surface area (TPSA) is 47.6 Å². The number of nitrogens with one attached hydrogen (secondary N) is 2. The van der Waals surface area contributed by atoms with Crippen molar-refractivity contribution in [2.24, 2.45) is 5.92 Å². The molecule has 0 aromatic rings. The predicted molar refractivity (Wildman–Crippen MR) is 81.8 cm³/mol. The van der Waals surface area contributed by atoms with Crippen molar-refractivity contribution in [3.8, 4) is 0 Å². The summed E-state index contributed by atoms with van der Waals surface area (Å²) >= 11 is 0. The van der Waals surface area contributed by atoms with E-state index in [2.05, 4.69) is 27.4 Å². The van der Waals surface area contributed by atoms with Gasteiger partial charge in [-0.15, -0.1) is 0 Å². The molecule has 0 radical (unpaired) electrons. The molecule has 20 heavy (non-hydrogen) atoms. The van der Waals surface area contributed by atoms with E-state index >= 15 is 0 Å². The van der Waals surface area contributed by atoms with Crippen molar-refractivity contribution in [1.29, 1.82) is 0 Å². The molecule has 5 nitrogen and oxygen atoms in total. The van der Waals surface area contributed by atoms with Crippen LogP contribution in [0.2, 0.25) is 0 Å². The van der Waals surface area contributed by atoms with E-state index in [0.29, 0.717) is 0 Å². The summed E-state index contributed by atoms with van der Waals surface area (Å²) < 4.78 is 0. The van der Waals surface area contributed by atoms with E-state index in [9.17, 15) is 4.79 Å². The number of rotatable bonds is 6. The SMILES string of the molecule is CCN1CCN(CCCNC(=O)C2CCCNC2)CC1. The van der Waals surface area contributed by atoms with Gasteiger partial charge in [0.25, 0.3) is 0 Å². The highest BCUT2D eigenvalue weighted by atomic mass is 16.1. The van der Waals surface area contributed by atoms with Crippen molar-refractivity contribution in [3.63, 3.8) is 0 Å². The van der Waals surface area contributed by atoms with Crippen LogP contribution in [0.1, 0.15) is 26.2 Å². The Kier molecular flexibility index (Phi) is 6.76. The zero-order valence-corrected chi connectivity index (χ0v) is 12.9. The lowest BCUT2D eigenvalue weighted by atomic mass is 9.99. The summed E-state index contributed by atoms with van der Waals surface area (Å²) in [6, 6.07) is 0. The van der Waals surface area contributed by atoms with E-state index in [1.54, 1.807) is 0 Å². The highest BCUT2D eigenvalue weighted by Crippen LogP contribution is 2.09. The number of amides is 1. The van der Waals surface area contributed by atoms with Gasteiger partial charge in [-0.2, -0.15) is 0 Å². The number of piperidine rings is 1. The molecule has 2 rings (SSSR count). The van der Waals surface area contributed by atoms with Crippen molar-refractivity contribution in [3.05, 3.63) is 0 Å². The number of hydrogen-bond donors (Lipinski definition) is 2. The molecule has 0 aromatic carbocycles. The van der Waals surface area contributed by atoms with Crippen LogP contribution in [-0.2, 0) is 4.79 Å². The first-order chi connectivity index (χ1) is 9.79. The van der Waals surface area contributed by atoms with Gasteiger partial charge in [0, 0.05) is 39.3 Å². The largest absolute Gasteiger partial charge is 0.356 e. The Morgan fingerprint density at radius 2 is 2.00 bits per heavy atom. The zero-order valence-electron chi connectivity index (χ0n) is 12.9. The zero-order chi connectivity index (χ0) is 14.2. The Labute approximate surface area is 123 Å². The fourth-order valence-corrected chi connectivity index (χ4v) is 3.06. The standard InChI is InChI=1S/C15H30N4O/c1-2-18-9-11-19(12-10-18)8-4-7-17-15(20)14-5-3-6-16-13-14/h14,16H,2-13H2,1H3,(H,17,20). The van der Waals surface area contributed by atoms with Gasteiger partial charge in [0.05, 0.1) is 5.92 Å². The predicted octanol–water partition coefficient (Wildman–Crippen LogP) is 0.130. The quantitative estimate of drug-likeness (QED) is 0.680. The Morgan fingerprint density at radius 3 is 2.65 bits per heavy atom. The van der Waals surface area contributed by atoms with Crippen LogP contribution in [0.25, 0.3) is 0 Å². The van der Waals surface area contributed by atoms with E-state index in [-0.39, 0.29) is 11.8 Å². The summed E-state index contributed by atoms with van der Waals surface area (Å²) in [5, 5.41) is 6.39. The molecular formula is C15H30N4O. The monoisotopic (exact) mass is 282 g/mol. The molecule has 5 heteroatoms. The highest BCUT2D eigenvalue weighted by molar-refractivity contribution is 5.78. The molecule has 2 fully saturated rings. The molecule has 2 N–H and O–H groups in total. The van der Waals surface area contributed by atoms with Gasteiger partial charge in [-0.05, 0) is 38.9 Å². The smallest absolute Gasteiger partial charge is 0.224 e. The molecule has 1 amide bonds. The van der Waals surface area contributed by atoms with Crippen molar-refractivity contribution in [1.82, 2.24) is 20.4 Å². The van der Waals surface area contributed by atoms with Crippen LogP contribution < -0.4 is 10.6 Å². The van der Waals surface area contributed by atoms with Gasteiger partial charge in [-0.25, -0.2) is 0 Å². The van der Waals surface area contributed by atoms with Crippen LogP contribution >= 0.6 is 0 Å². The summed E-state index contributed by atoms with van der Waals surface area (Å²) in [6.07, 6.45) is 3.23. The Hall–Kier alpha value is -0.650. The second-order valence-corrected chi connectivity index (χ2v) is 5.96. The van der Waals surface area contributed by atoms with E-state index in [4.69, 9.17) is 0 Å². The molecule has 0 bridgehead atoms. The first-order valence-electron chi connectivity index (χ1n) is 8.22. The van der Waals surface area contributed by atoms with Gasteiger partial charge >= 0.3 is 0 Å². The first-order valence-corrected chi connectivity index (χ1v) is 8.22. The summed E-state index contributed by atoms with van der Waals surface area (Å²) in [4.78, 5) is 17.0. The van der Waals surface area contributed by atoms with Crippen LogP contribution in [-0.4, -0.2) is 74.6 Å². The minimum absolute atomic E-state index is 0.192. The van der Waals surface area contributed by atoms with Crippen molar-refractivity contribution in [2.45, 2.75) is 26.2 Å². The number of carbonyl (C=O) groups is 1. The molecule has 116 valence electrons. The van der Waals surface area contributed by atoms with E-state index in [1.807, 2.05) is 0 Å². The molecule has 1 unspecified atom stereocenters. The number of piperazine rings is 1. The Bertz CT molecular complexity index is 284. The third-order valence-corrected chi connectivity index (χ3v) is 4.53. The summed E-state index contributed by atoms with van der Waals surface area (Å²) in [5.41, 5.74) is 0. The molecule has 2 saturated heterocycles. The second kappa shape index (κ2) is 8.60. The Morgan fingerprint density at radius 1 is 1.25 bits per heavy atom. The lowest BCUT2D eigenvalue weighted by Crippen LogP contribution is -2.47. The maximum atomic E-state index is 12.0. The van der Waals surface area contributed by atoms with Crippen molar-refractivity contribution >= 4 is 5.91 Å². The summed E-state index contributed by atoms with van der Waals surface area (Å²) in [7, 11) is 0. The van der Waals surface area contributed by atoms with Gasteiger partial charge in [-0.1, -0.05) is 6.92 Å². The van der Waals surface area contributed by atoms with Crippen molar-refractivity contribution < 1.29 is 4.79 Å². The van der Waals surface area contributed by atoms with Crippen LogP contribution in [0.15, 0.2) is 0 Å². The van der Waals surface area contributed by atoms with Gasteiger partial charge < -0.3 is 20.4 Å². The van der Waals surface area contributed by atoms with Crippen molar-refractivity contribution in [2.75, 3.05) is 58.9 Å². The number of nitrogens with zero attached hydrogens (tertiary/aromatic N) is 2. The first kappa shape index (κ1) is 15.7. The van der Waals surface area contributed by atoms with E-state index < -0.39 is 0 Å². The third kappa shape index (κ3) is 5.04. The minimum Gasteiger partial charge on any atom is -0.356 e. The van der Waals surface area contributed by atoms with Crippen LogP contribution in [0.4, 0.5) is 0 Å². The lowest BCUT2D eigenvalue weighted by Gasteiger charge is -2.34. The average Bonchev–Trinajstić information content (AvgIpc) is 2.53. The molecule has 2 heterocycles. The van der Waals surface area contributed by atoms with E-state index in [1.165, 1.54) is 32.7 Å². The molecule has 0 saturated carbocycles. The molecular weight excluding hydrogens is 252 g/mol. The average molecular weight is 282 g/mol. The second-order valence-electron chi connectivity index (χ2n) is 5.96. The van der Waals surface area contributed by atoms with Gasteiger partial charge in [0.2, 0.25) is 5.91 Å².